The lowest BCUT2D eigenvalue weighted by Gasteiger charge is -2.26. The van der Waals surface area contributed by atoms with Gasteiger partial charge in [0.05, 0.1) is 17.9 Å². The Kier molecular flexibility index (Phi) is 2.90. The Labute approximate surface area is 112 Å². The third kappa shape index (κ3) is 1.86. The Balaban J connectivity index is 2.17. The number of benzene rings is 1. The Bertz CT molecular complexity index is 627. The molecular formula is C16H17NO2. The number of fused-ring (bicyclic) bond motifs is 3. The molecule has 0 saturated heterocycles. The van der Waals surface area contributed by atoms with Gasteiger partial charge in [0.25, 0.3) is 0 Å². The summed E-state index contributed by atoms with van der Waals surface area (Å²) < 4.78 is 7.33. The van der Waals surface area contributed by atoms with Crippen molar-refractivity contribution >= 4 is 5.97 Å². The predicted octanol–water partition coefficient (Wildman–Crippen LogP) is 3.45. The van der Waals surface area contributed by atoms with Gasteiger partial charge in [0, 0.05) is 17.8 Å². The molecule has 1 aliphatic heterocycles. The van der Waals surface area contributed by atoms with Crippen molar-refractivity contribution in [3.63, 3.8) is 0 Å². The highest BCUT2D eigenvalue weighted by molar-refractivity contribution is 5.97. The highest BCUT2D eigenvalue weighted by Gasteiger charge is 2.26. The van der Waals surface area contributed by atoms with Gasteiger partial charge in [0.1, 0.15) is 0 Å². The molecule has 0 amide bonds. The lowest BCUT2D eigenvalue weighted by molar-refractivity contribution is 0.0527. The highest BCUT2D eigenvalue weighted by Crippen LogP contribution is 2.37. The van der Waals surface area contributed by atoms with E-state index in [1.54, 1.807) is 0 Å². The van der Waals surface area contributed by atoms with Crippen LogP contribution >= 0.6 is 0 Å². The molecule has 19 heavy (non-hydrogen) atoms. The molecule has 1 aromatic heterocycles. The van der Waals surface area contributed by atoms with Crippen LogP contribution in [-0.4, -0.2) is 17.1 Å². The minimum atomic E-state index is -0.236. The molecule has 1 unspecified atom stereocenters. The van der Waals surface area contributed by atoms with E-state index in [4.69, 9.17) is 4.74 Å². The average molecular weight is 255 g/mol. The number of hydrogen-bond acceptors (Lipinski definition) is 2. The average Bonchev–Trinajstić information content (AvgIpc) is 2.85. The molecule has 0 radical (unpaired) electrons. The zero-order valence-corrected chi connectivity index (χ0v) is 11.2. The van der Waals surface area contributed by atoms with Crippen LogP contribution in [0.1, 0.15) is 35.8 Å². The molecule has 1 atom stereocenters. The SMILES string of the molecule is CCOC(=O)c1ccn2c1-c1ccccc1CC2C. The second kappa shape index (κ2) is 4.57. The van der Waals surface area contributed by atoms with Crippen molar-refractivity contribution in [3.8, 4) is 11.3 Å². The van der Waals surface area contributed by atoms with Crippen molar-refractivity contribution < 1.29 is 9.53 Å². The van der Waals surface area contributed by atoms with Crippen LogP contribution in [0.2, 0.25) is 0 Å². The molecule has 0 spiro atoms. The van der Waals surface area contributed by atoms with Crippen LogP contribution in [0.5, 0.6) is 0 Å². The third-order valence-corrected chi connectivity index (χ3v) is 3.67. The smallest absolute Gasteiger partial charge is 0.340 e. The Hall–Kier alpha value is -2.03. The second-order valence-electron chi connectivity index (χ2n) is 4.92. The summed E-state index contributed by atoms with van der Waals surface area (Å²) in [6.07, 6.45) is 2.99. The van der Waals surface area contributed by atoms with Crippen molar-refractivity contribution in [3.05, 3.63) is 47.7 Å². The van der Waals surface area contributed by atoms with E-state index in [0.717, 1.165) is 17.7 Å². The van der Waals surface area contributed by atoms with E-state index in [-0.39, 0.29) is 5.97 Å². The van der Waals surface area contributed by atoms with E-state index in [1.165, 1.54) is 5.56 Å². The molecule has 1 aromatic carbocycles. The summed E-state index contributed by atoms with van der Waals surface area (Å²) in [5.41, 5.74) is 4.11. The first-order valence-corrected chi connectivity index (χ1v) is 6.68. The van der Waals surface area contributed by atoms with Crippen molar-refractivity contribution in [2.24, 2.45) is 0 Å². The molecule has 1 aliphatic rings. The summed E-state index contributed by atoms with van der Waals surface area (Å²) in [5.74, 6) is -0.236. The van der Waals surface area contributed by atoms with Gasteiger partial charge >= 0.3 is 5.97 Å². The monoisotopic (exact) mass is 255 g/mol. The molecule has 0 bridgehead atoms. The summed E-state index contributed by atoms with van der Waals surface area (Å²) in [6, 6.07) is 10.5. The summed E-state index contributed by atoms with van der Waals surface area (Å²) in [6.45, 7) is 4.41. The van der Waals surface area contributed by atoms with Crippen molar-refractivity contribution in [1.29, 1.82) is 0 Å². The minimum absolute atomic E-state index is 0.236. The maximum absolute atomic E-state index is 12.1. The molecule has 2 aromatic rings. The molecule has 3 rings (SSSR count). The van der Waals surface area contributed by atoms with Gasteiger partial charge in [-0.15, -0.1) is 0 Å². The molecule has 3 nitrogen and oxygen atoms in total. The number of rotatable bonds is 2. The first-order chi connectivity index (χ1) is 9.22. The van der Waals surface area contributed by atoms with Crippen LogP contribution < -0.4 is 0 Å². The number of esters is 1. The molecule has 0 fully saturated rings. The van der Waals surface area contributed by atoms with Crippen LogP contribution in [0.4, 0.5) is 0 Å². The maximum Gasteiger partial charge on any atom is 0.340 e. The van der Waals surface area contributed by atoms with Gasteiger partial charge in [-0.1, -0.05) is 24.3 Å². The van der Waals surface area contributed by atoms with E-state index in [0.29, 0.717) is 18.2 Å². The van der Waals surface area contributed by atoms with Gasteiger partial charge < -0.3 is 9.30 Å². The largest absolute Gasteiger partial charge is 0.462 e. The predicted molar refractivity (Wildman–Crippen MR) is 74.2 cm³/mol. The van der Waals surface area contributed by atoms with Crippen molar-refractivity contribution in [2.45, 2.75) is 26.3 Å². The quantitative estimate of drug-likeness (QED) is 0.770. The number of aromatic nitrogens is 1. The van der Waals surface area contributed by atoms with Crippen LogP contribution in [0.3, 0.4) is 0 Å². The second-order valence-corrected chi connectivity index (χ2v) is 4.92. The summed E-state index contributed by atoms with van der Waals surface area (Å²) >= 11 is 0. The maximum atomic E-state index is 12.1. The van der Waals surface area contributed by atoms with Gasteiger partial charge in [-0.05, 0) is 31.9 Å². The third-order valence-electron chi connectivity index (χ3n) is 3.67. The molecule has 2 heterocycles. The number of carbonyl (C=O) groups is 1. The van der Waals surface area contributed by atoms with Gasteiger partial charge in [0.15, 0.2) is 0 Å². The fourth-order valence-electron chi connectivity index (χ4n) is 2.82. The Morgan fingerprint density at radius 1 is 1.37 bits per heavy atom. The Morgan fingerprint density at radius 2 is 2.16 bits per heavy atom. The zero-order chi connectivity index (χ0) is 13.4. The zero-order valence-electron chi connectivity index (χ0n) is 11.2. The van der Waals surface area contributed by atoms with Gasteiger partial charge in [-0.25, -0.2) is 4.79 Å². The molecule has 3 heteroatoms. The molecule has 0 aliphatic carbocycles. The molecular weight excluding hydrogens is 238 g/mol. The normalized spacial score (nSPS) is 16.6. The van der Waals surface area contributed by atoms with E-state index >= 15 is 0 Å². The van der Waals surface area contributed by atoms with Crippen LogP contribution in [0, 0.1) is 0 Å². The van der Waals surface area contributed by atoms with E-state index in [2.05, 4.69) is 23.6 Å². The number of hydrogen-bond donors (Lipinski definition) is 0. The van der Waals surface area contributed by atoms with Gasteiger partial charge in [-0.2, -0.15) is 0 Å². The summed E-state index contributed by atoms with van der Waals surface area (Å²) in [5, 5.41) is 0. The molecule has 98 valence electrons. The van der Waals surface area contributed by atoms with Crippen LogP contribution in [0.15, 0.2) is 36.5 Å². The van der Waals surface area contributed by atoms with Gasteiger partial charge in [-0.3, -0.25) is 0 Å². The van der Waals surface area contributed by atoms with E-state index in [1.807, 2.05) is 31.3 Å². The topological polar surface area (TPSA) is 31.2 Å². The van der Waals surface area contributed by atoms with E-state index < -0.39 is 0 Å². The van der Waals surface area contributed by atoms with Crippen molar-refractivity contribution in [1.82, 2.24) is 4.57 Å². The minimum Gasteiger partial charge on any atom is -0.462 e. The summed E-state index contributed by atoms with van der Waals surface area (Å²) in [4.78, 5) is 12.1. The summed E-state index contributed by atoms with van der Waals surface area (Å²) in [7, 11) is 0. The molecule has 0 saturated carbocycles. The fraction of sp³-hybridized carbons (Fsp3) is 0.312. The van der Waals surface area contributed by atoms with E-state index in [9.17, 15) is 4.79 Å². The fourth-order valence-corrected chi connectivity index (χ4v) is 2.82. The lowest BCUT2D eigenvalue weighted by Crippen LogP contribution is -2.17. The van der Waals surface area contributed by atoms with Crippen LogP contribution in [-0.2, 0) is 11.2 Å². The van der Waals surface area contributed by atoms with Gasteiger partial charge in [0.2, 0.25) is 0 Å². The first-order valence-electron chi connectivity index (χ1n) is 6.68. The molecule has 0 N–H and O–H groups in total. The van der Waals surface area contributed by atoms with Crippen molar-refractivity contribution in [2.75, 3.05) is 6.61 Å². The number of ether oxygens (including phenoxy) is 1. The lowest BCUT2D eigenvalue weighted by atomic mass is 9.93. The number of nitrogens with zero attached hydrogens (tertiary/aromatic N) is 1. The number of carbonyl (C=O) groups excluding carboxylic acids is 1. The first kappa shape index (κ1) is 12.0. The standard InChI is InChI=1S/C16H17NO2/c1-3-19-16(18)14-8-9-17-11(2)10-12-6-4-5-7-13(12)15(14)17/h4-9,11H,3,10H2,1-2H3. The highest BCUT2D eigenvalue weighted by atomic mass is 16.5. The Morgan fingerprint density at radius 3 is 2.95 bits per heavy atom. The van der Waals surface area contributed by atoms with Crippen LogP contribution in [0.25, 0.3) is 11.3 Å².